The van der Waals surface area contributed by atoms with Crippen LogP contribution in [0.25, 0.3) is 10.8 Å². The lowest BCUT2D eigenvalue weighted by Gasteiger charge is -2.28. The molecule has 2 aromatic carbocycles. The summed E-state index contributed by atoms with van der Waals surface area (Å²) in [6.07, 6.45) is 2.97. The lowest BCUT2D eigenvalue weighted by atomic mass is 9.92. The van der Waals surface area contributed by atoms with Crippen LogP contribution in [0.5, 0.6) is 0 Å². The summed E-state index contributed by atoms with van der Waals surface area (Å²) in [6.45, 7) is 6.91. The molecule has 0 heterocycles. The number of hydrogen-bond donors (Lipinski definition) is 0. The fourth-order valence-corrected chi connectivity index (χ4v) is 5.43. The maximum atomic E-state index is 13.1. The van der Waals surface area contributed by atoms with E-state index in [2.05, 4.69) is 13.8 Å². The molecule has 124 valence electrons. The zero-order chi connectivity index (χ0) is 16.7. The van der Waals surface area contributed by atoms with Crippen molar-refractivity contribution in [2.24, 2.45) is 5.41 Å². The van der Waals surface area contributed by atoms with Gasteiger partial charge >= 0.3 is 0 Å². The molecule has 3 rings (SSSR count). The quantitative estimate of drug-likeness (QED) is 0.831. The second-order valence-electron chi connectivity index (χ2n) is 7.28. The van der Waals surface area contributed by atoms with Gasteiger partial charge in [-0.05, 0) is 47.6 Å². The molecule has 1 saturated carbocycles. The van der Waals surface area contributed by atoms with Crippen molar-refractivity contribution in [2.75, 3.05) is 6.54 Å². The van der Waals surface area contributed by atoms with Crippen molar-refractivity contribution in [1.82, 2.24) is 4.31 Å². The van der Waals surface area contributed by atoms with Gasteiger partial charge in [0.15, 0.2) is 0 Å². The topological polar surface area (TPSA) is 37.4 Å². The highest BCUT2D eigenvalue weighted by Crippen LogP contribution is 2.40. The first-order valence-electron chi connectivity index (χ1n) is 8.34. The number of hydrogen-bond acceptors (Lipinski definition) is 2. The fourth-order valence-electron chi connectivity index (χ4n) is 3.73. The first-order valence-corrected chi connectivity index (χ1v) is 9.78. The van der Waals surface area contributed by atoms with Crippen LogP contribution in [0.2, 0.25) is 0 Å². The van der Waals surface area contributed by atoms with E-state index >= 15 is 0 Å². The van der Waals surface area contributed by atoms with Crippen LogP contribution in [-0.2, 0) is 10.0 Å². The van der Waals surface area contributed by atoms with Crippen LogP contribution in [0.4, 0.5) is 0 Å². The van der Waals surface area contributed by atoms with E-state index in [1.165, 1.54) is 0 Å². The number of fused-ring (bicyclic) bond motifs is 1. The van der Waals surface area contributed by atoms with E-state index < -0.39 is 10.0 Å². The summed E-state index contributed by atoms with van der Waals surface area (Å²) in [5, 5.41) is 2.04. The van der Waals surface area contributed by atoms with Crippen LogP contribution in [0, 0.1) is 5.41 Å². The molecule has 0 radical (unpaired) electrons. The lowest BCUT2D eigenvalue weighted by molar-refractivity contribution is 0.299. The summed E-state index contributed by atoms with van der Waals surface area (Å²) in [6, 6.07) is 13.4. The molecular formula is C19H25NO2S. The van der Waals surface area contributed by atoms with Gasteiger partial charge < -0.3 is 0 Å². The molecule has 3 nitrogen and oxygen atoms in total. The third-order valence-corrected chi connectivity index (χ3v) is 7.01. The van der Waals surface area contributed by atoms with Crippen molar-refractivity contribution >= 4 is 20.8 Å². The van der Waals surface area contributed by atoms with E-state index in [1.807, 2.05) is 37.3 Å². The van der Waals surface area contributed by atoms with Crippen LogP contribution in [-0.4, -0.2) is 25.3 Å². The summed E-state index contributed by atoms with van der Waals surface area (Å²) < 4.78 is 28.0. The molecule has 2 aromatic rings. The normalized spacial score (nSPS) is 21.1. The van der Waals surface area contributed by atoms with Crippen LogP contribution in [0.3, 0.4) is 0 Å². The number of benzene rings is 2. The Hall–Kier alpha value is -1.39. The number of sulfonamides is 1. The van der Waals surface area contributed by atoms with Gasteiger partial charge in [-0.25, -0.2) is 8.42 Å². The summed E-state index contributed by atoms with van der Waals surface area (Å²) >= 11 is 0. The summed E-state index contributed by atoms with van der Waals surface area (Å²) in [5.74, 6) is 0. The summed E-state index contributed by atoms with van der Waals surface area (Å²) in [5.41, 5.74) is 0.233. The van der Waals surface area contributed by atoms with Crippen LogP contribution in [0.1, 0.15) is 40.0 Å². The molecule has 1 fully saturated rings. The maximum absolute atomic E-state index is 13.1. The third kappa shape index (κ3) is 3.15. The second-order valence-corrected chi connectivity index (χ2v) is 9.17. The Bertz CT molecular complexity index is 811. The zero-order valence-corrected chi connectivity index (χ0v) is 14.9. The minimum absolute atomic E-state index is 0.117. The number of nitrogens with zero attached hydrogens (tertiary/aromatic N) is 1. The summed E-state index contributed by atoms with van der Waals surface area (Å²) in [4.78, 5) is 0.405. The van der Waals surface area contributed by atoms with Crippen molar-refractivity contribution in [3.63, 3.8) is 0 Å². The molecule has 0 aromatic heterocycles. The molecular weight excluding hydrogens is 306 g/mol. The van der Waals surface area contributed by atoms with Gasteiger partial charge in [-0.15, -0.1) is 0 Å². The highest BCUT2D eigenvalue weighted by molar-refractivity contribution is 7.89. The molecule has 1 aliphatic rings. The van der Waals surface area contributed by atoms with E-state index in [-0.39, 0.29) is 11.5 Å². The third-order valence-electron chi connectivity index (χ3n) is 4.99. The molecule has 1 atom stereocenters. The SMILES string of the molecule is CCN(C1CCC(C)(C)C1)S(=O)(=O)c1ccc2ccccc2c1. The molecule has 0 saturated heterocycles. The monoisotopic (exact) mass is 331 g/mol. The molecule has 1 aliphatic carbocycles. The van der Waals surface area contributed by atoms with Gasteiger partial charge in [0.05, 0.1) is 4.90 Å². The zero-order valence-electron chi connectivity index (χ0n) is 14.1. The fraction of sp³-hybridized carbons (Fsp3) is 0.474. The molecule has 0 spiro atoms. The van der Waals surface area contributed by atoms with Gasteiger partial charge in [-0.2, -0.15) is 4.31 Å². The predicted octanol–water partition coefficient (Wildman–Crippen LogP) is 4.43. The Kier molecular flexibility index (Phi) is 4.23. The Morgan fingerprint density at radius 2 is 1.83 bits per heavy atom. The maximum Gasteiger partial charge on any atom is 0.243 e. The number of rotatable bonds is 4. The van der Waals surface area contributed by atoms with E-state index in [1.54, 1.807) is 16.4 Å². The predicted molar refractivity (Wildman–Crippen MR) is 94.9 cm³/mol. The summed E-state index contributed by atoms with van der Waals surface area (Å²) in [7, 11) is -3.44. The molecule has 0 bridgehead atoms. The minimum atomic E-state index is -3.44. The molecule has 4 heteroatoms. The van der Waals surface area contributed by atoms with Gasteiger partial charge in [0.1, 0.15) is 0 Å². The van der Waals surface area contributed by atoms with Crippen LogP contribution in [0.15, 0.2) is 47.4 Å². The Morgan fingerprint density at radius 1 is 1.13 bits per heavy atom. The largest absolute Gasteiger partial charge is 0.243 e. The Morgan fingerprint density at radius 3 is 2.43 bits per heavy atom. The smallest absolute Gasteiger partial charge is 0.207 e. The molecule has 0 N–H and O–H groups in total. The highest BCUT2D eigenvalue weighted by Gasteiger charge is 2.38. The van der Waals surface area contributed by atoms with Crippen molar-refractivity contribution in [3.05, 3.63) is 42.5 Å². The second kappa shape index (κ2) is 5.91. The first-order chi connectivity index (χ1) is 10.8. The average Bonchev–Trinajstić information content (AvgIpc) is 2.87. The van der Waals surface area contributed by atoms with Gasteiger partial charge in [-0.1, -0.05) is 51.1 Å². The van der Waals surface area contributed by atoms with Gasteiger partial charge in [0.2, 0.25) is 10.0 Å². The Balaban J connectivity index is 1.97. The van der Waals surface area contributed by atoms with E-state index in [0.717, 1.165) is 30.0 Å². The van der Waals surface area contributed by atoms with Gasteiger partial charge in [0, 0.05) is 12.6 Å². The van der Waals surface area contributed by atoms with Crippen molar-refractivity contribution in [3.8, 4) is 0 Å². The average molecular weight is 331 g/mol. The van der Waals surface area contributed by atoms with E-state index in [4.69, 9.17) is 0 Å². The van der Waals surface area contributed by atoms with Crippen molar-refractivity contribution < 1.29 is 8.42 Å². The highest BCUT2D eigenvalue weighted by atomic mass is 32.2. The van der Waals surface area contributed by atoms with Crippen molar-refractivity contribution in [1.29, 1.82) is 0 Å². The first kappa shape index (κ1) is 16.5. The van der Waals surface area contributed by atoms with Crippen LogP contribution < -0.4 is 0 Å². The van der Waals surface area contributed by atoms with E-state index in [9.17, 15) is 8.42 Å². The molecule has 23 heavy (non-hydrogen) atoms. The minimum Gasteiger partial charge on any atom is -0.207 e. The van der Waals surface area contributed by atoms with Gasteiger partial charge in [-0.3, -0.25) is 0 Å². The molecule has 0 aliphatic heterocycles. The van der Waals surface area contributed by atoms with Crippen LogP contribution >= 0.6 is 0 Å². The van der Waals surface area contributed by atoms with E-state index in [0.29, 0.717) is 11.4 Å². The van der Waals surface area contributed by atoms with Gasteiger partial charge in [0.25, 0.3) is 0 Å². The lowest BCUT2D eigenvalue weighted by Crippen LogP contribution is -2.39. The van der Waals surface area contributed by atoms with Crippen molar-refractivity contribution in [2.45, 2.75) is 51.0 Å². The Labute approximate surface area is 139 Å². The molecule has 1 unspecified atom stereocenters. The standard InChI is InChI=1S/C19H25NO2S/c1-4-20(17-11-12-19(2,3)14-17)23(21,22)18-10-9-15-7-5-6-8-16(15)13-18/h5-10,13,17H,4,11-12,14H2,1-3H3. The molecule has 0 amide bonds.